The first kappa shape index (κ1) is 13.3. The highest BCUT2D eigenvalue weighted by Gasteiger charge is 2.28. The largest absolute Gasteiger partial charge is 0.381 e. The monoisotopic (exact) mass is 313 g/mol. The van der Waals surface area contributed by atoms with Gasteiger partial charge in [-0.25, -0.2) is 0 Å². The Balaban J connectivity index is 2.08. The second-order valence-corrected chi connectivity index (χ2v) is 7.48. The van der Waals surface area contributed by atoms with E-state index >= 15 is 0 Å². The summed E-state index contributed by atoms with van der Waals surface area (Å²) in [5.74, 6) is 2.49. The maximum atomic E-state index is 3.68. The van der Waals surface area contributed by atoms with Crippen molar-refractivity contribution in [3.05, 3.63) is 28.2 Å². The van der Waals surface area contributed by atoms with Crippen LogP contribution >= 0.6 is 27.7 Å². The predicted octanol–water partition coefficient (Wildman–Crippen LogP) is 4.70. The lowest BCUT2D eigenvalue weighted by atomic mass is 9.88. The summed E-state index contributed by atoms with van der Waals surface area (Å²) in [6.45, 7) is 6.85. The van der Waals surface area contributed by atoms with E-state index in [1.54, 1.807) is 0 Å². The molecule has 1 aliphatic rings. The molecule has 2 rings (SSSR count). The molecule has 0 bridgehead atoms. The van der Waals surface area contributed by atoms with Crippen LogP contribution in [0, 0.1) is 12.3 Å². The second-order valence-electron chi connectivity index (χ2n) is 5.66. The van der Waals surface area contributed by atoms with Crippen LogP contribution in [0.3, 0.4) is 0 Å². The highest BCUT2D eigenvalue weighted by Crippen LogP contribution is 2.36. The van der Waals surface area contributed by atoms with Gasteiger partial charge in [-0.3, -0.25) is 0 Å². The van der Waals surface area contributed by atoms with Crippen LogP contribution in [0.2, 0.25) is 0 Å². The molecule has 1 atom stereocenters. The van der Waals surface area contributed by atoms with Gasteiger partial charge in [-0.1, -0.05) is 26.0 Å². The second kappa shape index (κ2) is 5.23. The maximum absolute atomic E-state index is 3.68. The Morgan fingerprint density at radius 2 is 2.18 bits per heavy atom. The van der Waals surface area contributed by atoms with Crippen LogP contribution in [0.25, 0.3) is 0 Å². The first-order valence-electron chi connectivity index (χ1n) is 6.07. The lowest BCUT2D eigenvalue weighted by molar-refractivity contribution is 0.358. The summed E-state index contributed by atoms with van der Waals surface area (Å²) in [6.07, 6.45) is 1.25. The van der Waals surface area contributed by atoms with Crippen LogP contribution in [-0.2, 0) is 0 Å². The quantitative estimate of drug-likeness (QED) is 0.849. The van der Waals surface area contributed by atoms with Gasteiger partial charge >= 0.3 is 0 Å². The van der Waals surface area contributed by atoms with E-state index in [2.05, 4.69) is 72.0 Å². The number of hydrogen-bond donors (Lipinski definition) is 1. The average molecular weight is 314 g/mol. The summed E-state index contributed by atoms with van der Waals surface area (Å²) in [7, 11) is 0. The van der Waals surface area contributed by atoms with E-state index in [1.807, 2.05) is 0 Å². The van der Waals surface area contributed by atoms with E-state index in [4.69, 9.17) is 0 Å². The molecule has 1 N–H and O–H groups in total. The van der Waals surface area contributed by atoms with Gasteiger partial charge in [0.1, 0.15) is 0 Å². The Labute approximate surface area is 117 Å². The third kappa shape index (κ3) is 3.41. The Morgan fingerprint density at radius 3 is 2.88 bits per heavy atom. The zero-order chi connectivity index (χ0) is 12.5. The van der Waals surface area contributed by atoms with Crippen molar-refractivity contribution in [1.29, 1.82) is 0 Å². The molecular weight excluding hydrogens is 294 g/mol. The van der Waals surface area contributed by atoms with E-state index in [0.29, 0.717) is 11.5 Å². The van der Waals surface area contributed by atoms with E-state index in [9.17, 15) is 0 Å². The van der Waals surface area contributed by atoms with Crippen molar-refractivity contribution in [2.75, 3.05) is 16.8 Å². The molecule has 1 aliphatic heterocycles. The number of hydrogen-bond acceptors (Lipinski definition) is 2. The topological polar surface area (TPSA) is 12.0 Å². The molecule has 1 fully saturated rings. The van der Waals surface area contributed by atoms with Gasteiger partial charge in [0.05, 0.1) is 0 Å². The minimum absolute atomic E-state index is 0.455. The number of rotatable bonds is 2. The van der Waals surface area contributed by atoms with Crippen LogP contribution in [-0.4, -0.2) is 17.5 Å². The Bertz CT molecular complexity index is 403. The predicted molar refractivity (Wildman–Crippen MR) is 82.0 cm³/mol. The van der Waals surface area contributed by atoms with Crippen LogP contribution in [0.1, 0.15) is 25.8 Å². The van der Waals surface area contributed by atoms with Crippen LogP contribution in [0.4, 0.5) is 5.69 Å². The number of nitrogens with one attached hydrogen (secondary N) is 1. The van der Waals surface area contributed by atoms with Crippen molar-refractivity contribution in [2.24, 2.45) is 5.41 Å². The molecule has 17 heavy (non-hydrogen) atoms. The van der Waals surface area contributed by atoms with Crippen molar-refractivity contribution >= 4 is 33.4 Å². The highest BCUT2D eigenvalue weighted by atomic mass is 79.9. The summed E-state index contributed by atoms with van der Waals surface area (Å²) in [4.78, 5) is 0. The zero-order valence-electron chi connectivity index (χ0n) is 10.7. The van der Waals surface area contributed by atoms with Gasteiger partial charge in [0.15, 0.2) is 0 Å². The molecule has 1 heterocycles. The maximum Gasteiger partial charge on any atom is 0.0489 e. The normalized spacial score (nSPS) is 23.4. The molecule has 0 aliphatic carbocycles. The Kier molecular flexibility index (Phi) is 4.09. The van der Waals surface area contributed by atoms with Gasteiger partial charge in [0.2, 0.25) is 0 Å². The number of thioether (sulfide) groups is 1. The summed E-state index contributed by atoms with van der Waals surface area (Å²) in [5.41, 5.74) is 2.97. The Morgan fingerprint density at radius 1 is 1.41 bits per heavy atom. The lowest BCUT2D eigenvalue weighted by Gasteiger charge is -2.35. The first-order valence-corrected chi connectivity index (χ1v) is 8.02. The summed E-state index contributed by atoms with van der Waals surface area (Å²) >= 11 is 5.73. The van der Waals surface area contributed by atoms with Crippen molar-refractivity contribution < 1.29 is 0 Å². The standard InChI is InChI=1S/C14H20BrNS/c1-10-5-4-6-12(13(10)15)16-11-7-14(2,3)9-17-8-11/h4-6,11,16H,7-9H2,1-3H3. The van der Waals surface area contributed by atoms with Gasteiger partial charge in [-0.2, -0.15) is 11.8 Å². The minimum Gasteiger partial charge on any atom is -0.381 e. The first-order chi connectivity index (χ1) is 7.98. The van der Waals surface area contributed by atoms with Crippen LogP contribution in [0.15, 0.2) is 22.7 Å². The van der Waals surface area contributed by atoms with Gasteiger partial charge in [0, 0.05) is 22.0 Å². The molecule has 0 amide bonds. The summed E-state index contributed by atoms with van der Waals surface area (Å²) in [6, 6.07) is 6.99. The van der Waals surface area contributed by atoms with Crippen molar-refractivity contribution in [3.8, 4) is 0 Å². The highest BCUT2D eigenvalue weighted by molar-refractivity contribution is 9.10. The van der Waals surface area contributed by atoms with Crippen LogP contribution < -0.4 is 5.32 Å². The van der Waals surface area contributed by atoms with E-state index in [-0.39, 0.29) is 0 Å². The zero-order valence-corrected chi connectivity index (χ0v) is 13.1. The number of aryl methyl sites for hydroxylation is 1. The molecule has 3 heteroatoms. The van der Waals surface area contributed by atoms with Gasteiger partial charge in [-0.05, 0) is 52.1 Å². The van der Waals surface area contributed by atoms with Gasteiger partial charge in [-0.15, -0.1) is 0 Å². The SMILES string of the molecule is Cc1cccc(NC2CSCC(C)(C)C2)c1Br. The number of halogens is 1. The van der Waals surface area contributed by atoms with Crippen molar-refractivity contribution in [3.63, 3.8) is 0 Å². The van der Waals surface area contributed by atoms with Gasteiger partial charge in [0.25, 0.3) is 0 Å². The van der Waals surface area contributed by atoms with E-state index < -0.39 is 0 Å². The minimum atomic E-state index is 0.455. The van der Waals surface area contributed by atoms with Crippen molar-refractivity contribution in [2.45, 2.75) is 33.2 Å². The molecule has 1 saturated heterocycles. The summed E-state index contributed by atoms with van der Waals surface area (Å²) < 4.78 is 1.20. The van der Waals surface area contributed by atoms with Crippen LogP contribution in [0.5, 0.6) is 0 Å². The molecule has 1 aromatic rings. The molecular formula is C14H20BrNS. The Hall–Kier alpha value is -0.150. The molecule has 94 valence electrons. The fourth-order valence-corrected chi connectivity index (χ4v) is 3.99. The molecule has 0 radical (unpaired) electrons. The lowest BCUT2D eigenvalue weighted by Crippen LogP contribution is -2.35. The summed E-state index contributed by atoms with van der Waals surface area (Å²) in [5, 5.41) is 3.68. The third-order valence-corrected chi connectivity index (χ3v) is 5.84. The molecule has 1 unspecified atom stereocenters. The molecule has 0 saturated carbocycles. The average Bonchev–Trinajstić information content (AvgIpc) is 2.23. The number of benzene rings is 1. The third-order valence-electron chi connectivity index (χ3n) is 3.16. The molecule has 0 spiro atoms. The smallest absolute Gasteiger partial charge is 0.0489 e. The number of anilines is 1. The van der Waals surface area contributed by atoms with E-state index in [1.165, 1.54) is 33.7 Å². The molecule has 0 aromatic heterocycles. The van der Waals surface area contributed by atoms with E-state index in [0.717, 1.165) is 0 Å². The molecule has 1 nitrogen and oxygen atoms in total. The fraction of sp³-hybridized carbons (Fsp3) is 0.571. The van der Waals surface area contributed by atoms with Gasteiger partial charge < -0.3 is 5.32 Å². The van der Waals surface area contributed by atoms with Crippen molar-refractivity contribution in [1.82, 2.24) is 0 Å². The molecule has 1 aromatic carbocycles. The fourth-order valence-electron chi connectivity index (χ4n) is 2.33.